The number of aliphatic imine (C=N–C) groups is 1. The number of amides is 3. The molecule has 0 bridgehead atoms. The molecule has 1 N–H and O–H groups in total. The van der Waals surface area contributed by atoms with E-state index >= 15 is 0 Å². The number of aryl methyl sites for hydroxylation is 3. The first-order chi connectivity index (χ1) is 21.6. The number of rotatable bonds is 10. The van der Waals surface area contributed by atoms with Gasteiger partial charge in [-0.25, -0.2) is 14.5 Å². The number of carbonyl (C=O) groups is 2. The number of unbranched alkanes of at least 4 members (excludes halogenated alkanes) is 1. The van der Waals surface area contributed by atoms with Crippen molar-refractivity contribution < 1.29 is 27.5 Å². The number of amidine groups is 1. The van der Waals surface area contributed by atoms with Gasteiger partial charge in [0.15, 0.2) is 11.0 Å². The number of hydrogen-bond donors (Lipinski definition) is 1. The van der Waals surface area contributed by atoms with E-state index in [1.54, 1.807) is 4.90 Å². The third kappa shape index (κ3) is 8.29. The maximum atomic E-state index is 12.7. The van der Waals surface area contributed by atoms with Gasteiger partial charge in [-0.15, -0.1) is 18.3 Å². The summed E-state index contributed by atoms with van der Waals surface area (Å²) in [6.07, 6.45) is -0.183. The third-order valence-electron chi connectivity index (χ3n) is 7.01. The SMILES string of the molecule is CCc1ccc(C)cc1N1C(=O)CS/C1=N\C(=O)NCCCCc1cccc(-c2ncn(-c3ccc(OC(F)(F)F)cc3)n2)c1. The molecule has 0 spiro atoms. The Labute approximate surface area is 262 Å². The zero-order chi connectivity index (χ0) is 32.0. The minimum absolute atomic E-state index is 0.0929. The van der Waals surface area contributed by atoms with E-state index < -0.39 is 12.4 Å². The van der Waals surface area contributed by atoms with Gasteiger partial charge in [0, 0.05) is 12.1 Å². The van der Waals surface area contributed by atoms with E-state index in [0.717, 1.165) is 53.6 Å². The Morgan fingerprint density at radius 2 is 1.89 bits per heavy atom. The van der Waals surface area contributed by atoms with E-state index in [-0.39, 0.29) is 17.4 Å². The number of nitrogens with one attached hydrogen (secondary N) is 1. The highest BCUT2D eigenvalue weighted by molar-refractivity contribution is 8.15. The van der Waals surface area contributed by atoms with Crippen molar-refractivity contribution in [3.8, 4) is 22.8 Å². The highest BCUT2D eigenvalue weighted by Crippen LogP contribution is 2.31. The second kappa shape index (κ2) is 14.0. The largest absolute Gasteiger partial charge is 0.573 e. The topological polar surface area (TPSA) is 102 Å². The predicted octanol–water partition coefficient (Wildman–Crippen LogP) is 6.87. The van der Waals surface area contributed by atoms with Crippen LogP contribution in [0.25, 0.3) is 17.1 Å². The summed E-state index contributed by atoms with van der Waals surface area (Å²) in [5.41, 5.74) is 5.24. The normalized spacial score (nSPS) is 14.3. The molecule has 0 atom stereocenters. The van der Waals surface area contributed by atoms with Crippen molar-refractivity contribution in [1.82, 2.24) is 20.1 Å². The van der Waals surface area contributed by atoms with Crippen LogP contribution in [-0.4, -0.2) is 50.5 Å². The van der Waals surface area contributed by atoms with Crippen LogP contribution in [0.1, 0.15) is 36.5 Å². The molecule has 45 heavy (non-hydrogen) atoms. The molecule has 4 aromatic rings. The fourth-order valence-corrected chi connectivity index (χ4v) is 5.68. The summed E-state index contributed by atoms with van der Waals surface area (Å²) in [6.45, 7) is 4.43. The lowest BCUT2D eigenvalue weighted by atomic mass is 10.0. The van der Waals surface area contributed by atoms with E-state index in [4.69, 9.17) is 0 Å². The summed E-state index contributed by atoms with van der Waals surface area (Å²) in [5, 5.41) is 7.68. The molecule has 1 aliphatic heterocycles. The van der Waals surface area contributed by atoms with E-state index in [9.17, 15) is 22.8 Å². The number of carbonyl (C=O) groups excluding carboxylic acids is 2. The van der Waals surface area contributed by atoms with Crippen molar-refractivity contribution in [1.29, 1.82) is 0 Å². The molecular formula is C32H31F3N6O3S. The van der Waals surface area contributed by atoms with Crippen LogP contribution in [0.15, 0.2) is 78.0 Å². The zero-order valence-corrected chi connectivity index (χ0v) is 25.5. The lowest BCUT2D eigenvalue weighted by molar-refractivity contribution is -0.274. The van der Waals surface area contributed by atoms with Gasteiger partial charge in [-0.05, 0) is 85.7 Å². The smallest absolute Gasteiger partial charge is 0.406 e. The maximum absolute atomic E-state index is 12.7. The second-order valence-corrected chi connectivity index (χ2v) is 11.3. The number of benzene rings is 3. The van der Waals surface area contributed by atoms with Gasteiger partial charge in [-0.1, -0.05) is 49.0 Å². The lowest BCUT2D eigenvalue weighted by Crippen LogP contribution is -2.32. The van der Waals surface area contributed by atoms with Crippen LogP contribution in [-0.2, 0) is 17.6 Å². The number of thioether (sulfide) groups is 1. The minimum atomic E-state index is -4.75. The van der Waals surface area contributed by atoms with Gasteiger partial charge in [0.1, 0.15) is 12.1 Å². The molecule has 9 nitrogen and oxygen atoms in total. The number of hydrogen-bond acceptors (Lipinski definition) is 6. The molecule has 1 saturated heterocycles. The molecule has 2 heterocycles. The lowest BCUT2D eigenvalue weighted by Gasteiger charge is -2.20. The van der Waals surface area contributed by atoms with Crippen LogP contribution < -0.4 is 15.0 Å². The number of nitrogens with zero attached hydrogens (tertiary/aromatic N) is 5. The number of alkyl halides is 3. The molecule has 0 radical (unpaired) electrons. The van der Waals surface area contributed by atoms with Crippen molar-refractivity contribution in [3.63, 3.8) is 0 Å². The summed E-state index contributed by atoms with van der Waals surface area (Å²) in [5.74, 6) is 0.315. The van der Waals surface area contributed by atoms with Crippen LogP contribution in [0.5, 0.6) is 5.75 Å². The van der Waals surface area contributed by atoms with Gasteiger partial charge in [0.05, 0.1) is 17.1 Å². The van der Waals surface area contributed by atoms with Crippen LogP contribution in [0.4, 0.5) is 23.7 Å². The van der Waals surface area contributed by atoms with E-state index in [1.807, 2.05) is 56.3 Å². The molecule has 0 aliphatic carbocycles. The maximum Gasteiger partial charge on any atom is 0.573 e. The summed E-state index contributed by atoms with van der Waals surface area (Å²) >= 11 is 1.26. The number of ether oxygens (including phenoxy) is 1. The Morgan fingerprint density at radius 3 is 2.64 bits per heavy atom. The molecule has 13 heteroatoms. The van der Waals surface area contributed by atoms with Gasteiger partial charge in [0.25, 0.3) is 0 Å². The molecule has 0 saturated carbocycles. The molecule has 0 unspecified atom stereocenters. The van der Waals surface area contributed by atoms with Crippen molar-refractivity contribution in [3.05, 3.63) is 89.7 Å². The van der Waals surface area contributed by atoms with Gasteiger partial charge in [-0.3, -0.25) is 9.69 Å². The van der Waals surface area contributed by atoms with Crippen molar-refractivity contribution in [2.45, 2.75) is 45.9 Å². The number of urea groups is 1. The van der Waals surface area contributed by atoms with Crippen LogP contribution in [0, 0.1) is 6.92 Å². The van der Waals surface area contributed by atoms with Crippen molar-refractivity contribution in [2.75, 3.05) is 17.2 Å². The standard InChI is InChI=1S/C32H31F3N6O3S/c1-3-23-11-10-21(2)17-27(23)41-28(42)19-45-31(41)38-30(43)36-16-5-4-7-22-8-6-9-24(18-22)29-37-20-40(39-29)25-12-14-26(15-13-25)44-32(33,34)35/h6,8-15,17-18,20H,3-5,7,16,19H2,1-2H3,(H,36,43)/b38-31-. The monoisotopic (exact) mass is 636 g/mol. The first-order valence-corrected chi connectivity index (χ1v) is 15.4. The molecule has 5 rings (SSSR count). The molecule has 234 valence electrons. The van der Waals surface area contributed by atoms with Gasteiger partial charge in [0.2, 0.25) is 5.91 Å². The molecule has 1 fully saturated rings. The summed E-state index contributed by atoms with van der Waals surface area (Å²) < 4.78 is 42.7. The molecular weight excluding hydrogens is 605 g/mol. The van der Waals surface area contributed by atoms with Crippen LogP contribution >= 0.6 is 11.8 Å². The second-order valence-electron chi connectivity index (χ2n) is 10.3. The first kappa shape index (κ1) is 31.8. The fraction of sp³-hybridized carbons (Fsp3) is 0.281. The Balaban J connectivity index is 1.12. The quantitative estimate of drug-likeness (QED) is 0.191. The molecule has 3 aromatic carbocycles. The summed E-state index contributed by atoms with van der Waals surface area (Å²) in [7, 11) is 0. The molecule has 1 aromatic heterocycles. The van der Waals surface area contributed by atoms with E-state index in [0.29, 0.717) is 23.2 Å². The van der Waals surface area contributed by atoms with Gasteiger partial charge in [-0.2, -0.15) is 4.99 Å². The Bertz CT molecular complexity index is 1700. The van der Waals surface area contributed by atoms with E-state index in [2.05, 4.69) is 25.1 Å². The summed E-state index contributed by atoms with van der Waals surface area (Å²) in [6, 6.07) is 18.6. The highest BCUT2D eigenvalue weighted by atomic mass is 32.2. The van der Waals surface area contributed by atoms with E-state index in [1.165, 1.54) is 47.0 Å². The van der Waals surface area contributed by atoms with Crippen LogP contribution in [0.2, 0.25) is 0 Å². The fourth-order valence-electron chi connectivity index (χ4n) is 4.82. The average molecular weight is 637 g/mol. The number of halogens is 3. The zero-order valence-electron chi connectivity index (χ0n) is 24.7. The van der Waals surface area contributed by atoms with Crippen LogP contribution in [0.3, 0.4) is 0 Å². The number of aromatic nitrogens is 3. The minimum Gasteiger partial charge on any atom is -0.406 e. The Hall–Kier alpha value is -4.65. The van der Waals surface area contributed by atoms with Gasteiger partial charge < -0.3 is 10.1 Å². The molecule has 1 aliphatic rings. The first-order valence-electron chi connectivity index (χ1n) is 14.4. The number of anilines is 1. The molecule has 3 amide bonds. The van der Waals surface area contributed by atoms with Gasteiger partial charge >= 0.3 is 12.4 Å². The highest BCUT2D eigenvalue weighted by Gasteiger charge is 2.32. The predicted molar refractivity (Wildman–Crippen MR) is 168 cm³/mol. The van der Waals surface area contributed by atoms with Crippen molar-refractivity contribution >= 4 is 34.6 Å². The third-order valence-corrected chi connectivity index (χ3v) is 7.93. The Morgan fingerprint density at radius 1 is 1.09 bits per heavy atom. The Kier molecular flexibility index (Phi) is 9.87. The van der Waals surface area contributed by atoms with Crippen molar-refractivity contribution in [2.24, 2.45) is 4.99 Å². The average Bonchev–Trinajstić information content (AvgIpc) is 3.64. The summed E-state index contributed by atoms with van der Waals surface area (Å²) in [4.78, 5) is 35.4.